The zero-order valence-electron chi connectivity index (χ0n) is 12.2. The second-order valence-corrected chi connectivity index (χ2v) is 5.56. The van der Waals surface area contributed by atoms with Gasteiger partial charge in [-0.25, -0.2) is 0 Å². The van der Waals surface area contributed by atoms with Gasteiger partial charge in [0.15, 0.2) is 0 Å². The van der Waals surface area contributed by atoms with Crippen LogP contribution >= 0.6 is 0 Å². The average Bonchev–Trinajstić information content (AvgIpc) is 2.95. The molecule has 0 radical (unpaired) electrons. The lowest BCUT2D eigenvalue weighted by Gasteiger charge is -2.29. The summed E-state index contributed by atoms with van der Waals surface area (Å²) >= 11 is 0. The highest BCUT2D eigenvalue weighted by atomic mass is 19.4. The minimum atomic E-state index is -4.34. The van der Waals surface area contributed by atoms with Gasteiger partial charge in [-0.2, -0.15) is 18.4 Å². The van der Waals surface area contributed by atoms with E-state index in [1.807, 2.05) is 6.07 Å². The molecule has 1 aliphatic rings. The number of hydrogen-bond acceptors (Lipinski definition) is 2. The molecule has 1 saturated carbocycles. The van der Waals surface area contributed by atoms with Crippen LogP contribution in [0.5, 0.6) is 0 Å². The smallest absolute Gasteiger partial charge is 0.341 e. The lowest BCUT2D eigenvalue weighted by atomic mass is 9.92. The average molecular weight is 310 g/mol. The van der Waals surface area contributed by atoms with Crippen molar-refractivity contribution >= 4 is 5.91 Å². The fraction of sp³-hybridized carbons (Fsp3) is 0.500. The summed E-state index contributed by atoms with van der Waals surface area (Å²) in [5, 5.41) is 8.61. The number of alkyl halides is 3. The topological polar surface area (TPSA) is 44.1 Å². The summed E-state index contributed by atoms with van der Waals surface area (Å²) in [6, 6.07) is 6.94. The maximum atomic E-state index is 12.6. The van der Waals surface area contributed by atoms with Crippen molar-refractivity contribution in [3.05, 3.63) is 35.4 Å². The fourth-order valence-electron chi connectivity index (χ4n) is 3.09. The minimum Gasteiger partial charge on any atom is -0.341 e. The number of nitriles is 1. The Labute approximate surface area is 127 Å². The van der Waals surface area contributed by atoms with Crippen molar-refractivity contribution in [1.82, 2.24) is 4.90 Å². The molecule has 118 valence electrons. The first-order valence-corrected chi connectivity index (χ1v) is 7.14. The summed E-state index contributed by atoms with van der Waals surface area (Å²) < 4.78 is 37.8. The van der Waals surface area contributed by atoms with Crippen LogP contribution in [0.1, 0.15) is 42.7 Å². The molecule has 1 aliphatic carbocycles. The summed E-state index contributed by atoms with van der Waals surface area (Å²) in [4.78, 5) is 13.4. The molecule has 0 spiro atoms. The molecule has 1 amide bonds. The Balaban J connectivity index is 2.17. The van der Waals surface area contributed by atoms with Gasteiger partial charge in [-0.1, -0.05) is 18.6 Å². The first-order valence-electron chi connectivity index (χ1n) is 7.14. The predicted octanol–water partition coefficient (Wildman–Crippen LogP) is 3.71. The molecule has 22 heavy (non-hydrogen) atoms. The van der Waals surface area contributed by atoms with Gasteiger partial charge in [0.1, 0.15) is 6.42 Å². The Kier molecular flexibility index (Phi) is 4.74. The molecule has 0 heterocycles. The Hall–Kier alpha value is -2.03. The van der Waals surface area contributed by atoms with E-state index in [2.05, 4.69) is 0 Å². The number of benzene rings is 1. The summed E-state index contributed by atoms with van der Waals surface area (Å²) in [5.41, 5.74) is 0.145. The highest BCUT2D eigenvalue weighted by Crippen LogP contribution is 2.38. The van der Waals surface area contributed by atoms with Crippen LogP contribution in [0.25, 0.3) is 0 Å². The van der Waals surface area contributed by atoms with Gasteiger partial charge in [-0.15, -0.1) is 0 Å². The molecule has 1 aromatic rings. The third-order valence-corrected chi connectivity index (χ3v) is 4.27. The molecule has 0 saturated heterocycles. The molecule has 0 aromatic heterocycles. The van der Waals surface area contributed by atoms with Crippen molar-refractivity contribution in [2.75, 3.05) is 7.05 Å². The van der Waals surface area contributed by atoms with Gasteiger partial charge in [-0.3, -0.25) is 4.79 Å². The molecule has 2 atom stereocenters. The van der Waals surface area contributed by atoms with E-state index in [9.17, 15) is 18.0 Å². The van der Waals surface area contributed by atoms with E-state index < -0.39 is 11.7 Å². The molecule has 0 unspecified atom stereocenters. The monoisotopic (exact) mass is 310 g/mol. The minimum absolute atomic E-state index is 0.0231. The summed E-state index contributed by atoms with van der Waals surface area (Å²) in [6.45, 7) is 0. The fourth-order valence-corrected chi connectivity index (χ4v) is 3.09. The molecule has 6 heteroatoms. The van der Waals surface area contributed by atoms with Crippen LogP contribution in [-0.4, -0.2) is 23.9 Å². The Morgan fingerprint density at radius 1 is 1.32 bits per heavy atom. The zero-order chi connectivity index (χ0) is 16.3. The molecular weight excluding hydrogens is 293 g/mol. The zero-order valence-corrected chi connectivity index (χ0v) is 12.2. The van der Waals surface area contributed by atoms with Crippen molar-refractivity contribution in [2.24, 2.45) is 0 Å². The van der Waals surface area contributed by atoms with Crippen LogP contribution < -0.4 is 0 Å². The van der Waals surface area contributed by atoms with Gasteiger partial charge in [0.25, 0.3) is 0 Å². The number of halogens is 3. The molecule has 0 bridgehead atoms. The molecule has 1 fully saturated rings. The van der Waals surface area contributed by atoms with Crippen LogP contribution in [0.15, 0.2) is 24.3 Å². The van der Waals surface area contributed by atoms with Gasteiger partial charge in [-0.05, 0) is 30.5 Å². The highest BCUT2D eigenvalue weighted by molar-refractivity contribution is 5.78. The number of hydrogen-bond donors (Lipinski definition) is 0. The van der Waals surface area contributed by atoms with Crippen molar-refractivity contribution in [2.45, 2.75) is 43.8 Å². The van der Waals surface area contributed by atoms with E-state index in [0.29, 0.717) is 0 Å². The molecule has 0 N–H and O–H groups in total. The summed E-state index contributed by atoms with van der Waals surface area (Å²) in [6.07, 6.45) is -1.96. The van der Waals surface area contributed by atoms with Crippen LogP contribution in [0.3, 0.4) is 0 Å². The van der Waals surface area contributed by atoms with Crippen molar-refractivity contribution < 1.29 is 18.0 Å². The Bertz CT molecular complexity index is 575. The van der Waals surface area contributed by atoms with Gasteiger partial charge >= 0.3 is 6.18 Å². The maximum absolute atomic E-state index is 12.6. The van der Waals surface area contributed by atoms with E-state index in [-0.39, 0.29) is 24.3 Å². The number of carbonyl (C=O) groups excluding carboxylic acids is 1. The van der Waals surface area contributed by atoms with Crippen molar-refractivity contribution in [1.29, 1.82) is 5.26 Å². The normalized spacial score (nSPS) is 21.4. The largest absolute Gasteiger partial charge is 0.416 e. The van der Waals surface area contributed by atoms with E-state index in [4.69, 9.17) is 5.26 Å². The quantitative estimate of drug-likeness (QED) is 0.854. The molecule has 2 rings (SSSR count). The highest BCUT2D eigenvalue weighted by Gasteiger charge is 2.35. The lowest BCUT2D eigenvalue weighted by Crippen LogP contribution is -2.38. The van der Waals surface area contributed by atoms with E-state index in [1.54, 1.807) is 11.9 Å². The molecule has 3 nitrogen and oxygen atoms in total. The first-order chi connectivity index (χ1) is 10.3. The van der Waals surface area contributed by atoms with Gasteiger partial charge < -0.3 is 4.90 Å². The molecular formula is C16H17F3N2O. The number of amides is 1. The Morgan fingerprint density at radius 3 is 2.50 bits per heavy atom. The Morgan fingerprint density at radius 2 is 1.95 bits per heavy atom. The number of rotatable bonds is 3. The van der Waals surface area contributed by atoms with Gasteiger partial charge in [0.05, 0.1) is 11.6 Å². The summed E-state index contributed by atoms with van der Waals surface area (Å²) in [7, 11) is 1.66. The van der Waals surface area contributed by atoms with Crippen LogP contribution in [0, 0.1) is 11.3 Å². The third kappa shape index (κ3) is 3.41. The van der Waals surface area contributed by atoms with Gasteiger partial charge in [0, 0.05) is 19.0 Å². The van der Waals surface area contributed by atoms with Crippen LogP contribution in [-0.2, 0) is 11.0 Å². The number of nitrogens with zero attached hydrogens (tertiary/aromatic N) is 2. The second-order valence-electron chi connectivity index (χ2n) is 5.56. The lowest BCUT2D eigenvalue weighted by molar-refractivity contribution is -0.137. The predicted molar refractivity (Wildman–Crippen MR) is 74.8 cm³/mol. The van der Waals surface area contributed by atoms with Gasteiger partial charge in [0.2, 0.25) is 5.91 Å². The van der Waals surface area contributed by atoms with Crippen LogP contribution in [0.2, 0.25) is 0 Å². The van der Waals surface area contributed by atoms with Crippen LogP contribution in [0.4, 0.5) is 13.2 Å². The SMILES string of the molecule is CN(C(=O)CC#N)[C@@H]1CCC[C@H]1c1ccc(C(F)(F)F)cc1. The third-order valence-electron chi connectivity index (χ3n) is 4.27. The maximum Gasteiger partial charge on any atom is 0.416 e. The molecule has 1 aromatic carbocycles. The standard InChI is InChI=1S/C16H17F3N2O/c1-21(15(22)9-10-20)14-4-2-3-13(14)11-5-7-12(8-6-11)16(17,18)19/h5-8,13-14H,2-4,9H2,1H3/t13-,14+/m0/s1. The van der Waals surface area contributed by atoms with E-state index in [0.717, 1.165) is 37.0 Å². The number of carbonyl (C=O) groups is 1. The number of likely N-dealkylation sites (N-methyl/N-ethyl adjacent to an activating group) is 1. The van der Waals surface area contributed by atoms with E-state index >= 15 is 0 Å². The van der Waals surface area contributed by atoms with Crippen molar-refractivity contribution in [3.8, 4) is 6.07 Å². The second kappa shape index (κ2) is 6.39. The van der Waals surface area contributed by atoms with E-state index in [1.165, 1.54) is 12.1 Å². The van der Waals surface area contributed by atoms with Crippen molar-refractivity contribution in [3.63, 3.8) is 0 Å². The first kappa shape index (κ1) is 16.3. The molecule has 0 aliphatic heterocycles. The summed E-state index contributed by atoms with van der Waals surface area (Å²) in [5.74, 6) is -0.221.